The van der Waals surface area contributed by atoms with Gasteiger partial charge >= 0.3 is 0 Å². The van der Waals surface area contributed by atoms with Crippen molar-refractivity contribution in [2.75, 3.05) is 0 Å². The van der Waals surface area contributed by atoms with Crippen LogP contribution in [0.4, 0.5) is 8.78 Å². The number of benzene rings is 2. The van der Waals surface area contributed by atoms with Gasteiger partial charge in [-0.25, -0.2) is 8.78 Å². The first kappa shape index (κ1) is 21.8. The molecule has 2 aromatic heterocycles. The van der Waals surface area contributed by atoms with Gasteiger partial charge in [0.05, 0.1) is 0 Å². The van der Waals surface area contributed by atoms with Crippen LogP contribution >= 0.6 is 0 Å². The number of allylic oxidation sites excluding steroid dienone is 2. The average Bonchev–Trinajstić information content (AvgIpc) is 3.48. The molecule has 170 valence electrons. The third-order valence-corrected chi connectivity index (χ3v) is 5.86. The summed E-state index contributed by atoms with van der Waals surface area (Å²) in [6.45, 7) is 2.10. The topological polar surface area (TPSA) is 43.4 Å². The monoisotopic (exact) mass is 456 g/mol. The summed E-state index contributed by atoms with van der Waals surface area (Å²) in [5, 5.41) is 0. The van der Waals surface area contributed by atoms with Gasteiger partial charge in [-0.2, -0.15) is 0 Å². The van der Waals surface area contributed by atoms with Crippen LogP contribution in [0.25, 0.3) is 34.8 Å². The molecule has 0 unspecified atom stereocenters. The summed E-state index contributed by atoms with van der Waals surface area (Å²) < 4.78 is 38.2. The Labute approximate surface area is 196 Å². The standard InChI is InChI=1S/C29H22F2O3/c1-18-14-21(16-25-10-12-27(33-25)19-2-6-23(30)7-3-19)29(32)22(15-18)17-26-11-13-28(34-26)20-4-8-24(31)9-5-20/h2-13,16-18H,14-15H2,1H3. The quantitative estimate of drug-likeness (QED) is 0.293. The van der Waals surface area contributed by atoms with Crippen LogP contribution in [0, 0.1) is 17.6 Å². The zero-order valence-electron chi connectivity index (χ0n) is 18.6. The molecule has 0 radical (unpaired) electrons. The minimum atomic E-state index is -0.305. The van der Waals surface area contributed by atoms with Crippen molar-refractivity contribution < 1.29 is 22.4 Å². The fraction of sp³-hybridized carbons (Fsp3) is 0.138. The Morgan fingerprint density at radius 1 is 0.676 bits per heavy atom. The maximum Gasteiger partial charge on any atom is 0.185 e. The van der Waals surface area contributed by atoms with Crippen molar-refractivity contribution >= 4 is 17.9 Å². The minimum absolute atomic E-state index is 0.0300. The van der Waals surface area contributed by atoms with Gasteiger partial charge in [-0.15, -0.1) is 0 Å². The number of rotatable bonds is 4. The third-order valence-electron chi connectivity index (χ3n) is 5.86. The van der Waals surface area contributed by atoms with Crippen LogP contribution in [0.15, 0.2) is 92.8 Å². The van der Waals surface area contributed by atoms with Gasteiger partial charge in [0.25, 0.3) is 0 Å². The Balaban J connectivity index is 1.38. The lowest BCUT2D eigenvalue weighted by Gasteiger charge is -2.22. The Morgan fingerprint density at radius 2 is 1.09 bits per heavy atom. The molecule has 0 saturated heterocycles. The van der Waals surface area contributed by atoms with Gasteiger partial charge in [-0.1, -0.05) is 6.92 Å². The van der Waals surface area contributed by atoms with E-state index in [0.717, 1.165) is 11.1 Å². The van der Waals surface area contributed by atoms with Gasteiger partial charge < -0.3 is 8.83 Å². The second-order valence-electron chi connectivity index (χ2n) is 8.60. The molecule has 5 rings (SSSR count). The number of hydrogen-bond donors (Lipinski definition) is 0. The molecule has 4 aromatic rings. The van der Waals surface area contributed by atoms with E-state index >= 15 is 0 Å². The summed E-state index contributed by atoms with van der Waals surface area (Å²) in [5.74, 6) is 2.03. The normalized spacial score (nSPS) is 18.7. The molecule has 5 heteroatoms. The Kier molecular flexibility index (Phi) is 5.84. The molecule has 3 nitrogen and oxygen atoms in total. The molecule has 1 saturated carbocycles. The fourth-order valence-electron chi connectivity index (χ4n) is 4.21. The molecule has 1 aliphatic rings. The highest BCUT2D eigenvalue weighted by molar-refractivity contribution is 6.13. The molecule has 0 amide bonds. The van der Waals surface area contributed by atoms with E-state index in [1.807, 2.05) is 24.3 Å². The van der Waals surface area contributed by atoms with E-state index in [9.17, 15) is 13.6 Å². The Hall–Kier alpha value is -3.99. The largest absolute Gasteiger partial charge is 0.457 e. The lowest BCUT2D eigenvalue weighted by molar-refractivity contribution is -0.113. The number of ketones is 1. The van der Waals surface area contributed by atoms with Crippen molar-refractivity contribution in [3.8, 4) is 22.6 Å². The summed E-state index contributed by atoms with van der Waals surface area (Å²) in [4.78, 5) is 13.2. The second kappa shape index (κ2) is 9.10. The SMILES string of the molecule is CC1CC(=Cc2ccc(-c3ccc(F)cc3)o2)C(=O)C(=Cc2ccc(-c3ccc(F)cc3)o2)C1. The molecular formula is C29H22F2O3. The summed E-state index contributed by atoms with van der Waals surface area (Å²) >= 11 is 0. The van der Waals surface area contributed by atoms with E-state index in [1.54, 1.807) is 36.4 Å². The van der Waals surface area contributed by atoms with Gasteiger partial charge in [0.1, 0.15) is 34.7 Å². The Bertz CT molecular complexity index is 1280. The number of furan rings is 2. The Morgan fingerprint density at radius 3 is 1.50 bits per heavy atom. The van der Waals surface area contributed by atoms with Crippen molar-refractivity contribution in [2.24, 2.45) is 5.92 Å². The molecule has 0 atom stereocenters. The number of halogens is 2. The molecule has 2 heterocycles. The highest BCUT2D eigenvalue weighted by atomic mass is 19.1. The van der Waals surface area contributed by atoms with Crippen molar-refractivity contribution in [1.29, 1.82) is 0 Å². The predicted octanol–water partition coefficient (Wildman–Crippen LogP) is 7.95. The molecule has 0 N–H and O–H groups in total. The lowest BCUT2D eigenvalue weighted by atomic mass is 9.81. The first-order valence-corrected chi connectivity index (χ1v) is 11.1. The van der Waals surface area contributed by atoms with Crippen molar-refractivity contribution in [3.63, 3.8) is 0 Å². The first-order chi connectivity index (χ1) is 16.4. The summed E-state index contributed by atoms with van der Waals surface area (Å²) in [7, 11) is 0. The molecule has 0 aliphatic heterocycles. The van der Waals surface area contributed by atoms with E-state index in [2.05, 4.69) is 6.92 Å². The maximum atomic E-state index is 13.2. The minimum Gasteiger partial charge on any atom is -0.457 e. The van der Waals surface area contributed by atoms with Crippen LogP contribution < -0.4 is 0 Å². The molecular weight excluding hydrogens is 434 g/mol. The maximum absolute atomic E-state index is 13.2. The molecule has 0 spiro atoms. The molecule has 1 fully saturated rings. The zero-order chi connectivity index (χ0) is 23.7. The van der Waals surface area contributed by atoms with Crippen LogP contribution in [0.5, 0.6) is 0 Å². The van der Waals surface area contributed by atoms with E-state index in [1.165, 1.54) is 24.3 Å². The predicted molar refractivity (Wildman–Crippen MR) is 128 cm³/mol. The number of carbonyl (C=O) groups is 1. The summed E-state index contributed by atoms with van der Waals surface area (Å²) in [6.07, 6.45) is 4.87. The molecule has 1 aliphatic carbocycles. The fourth-order valence-corrected chi connectivity index (χ4v) is 4.21. The molecule has 0 bridgehead atoms. The third kappa shape index (κ3) is 4.69. The van der Waals surface area contributed by atoms with Gasteiger partial charge in [0, 0.05) is 22.3 Å². The smallest absolute Gasteiger partial charge is 0.185 e. The zero-order valence-corrected chi connectivity index (χ0v) is 18.6. The van der Waals surface area contributed by atoms with Crippen LogP contribution in [-0.2, 0) is 4.79 Å². The number of Topliss-reactive ketones (excluding diaryl/α,β-unsaturated/α-hetero) is 1. The highest BCUT2D eigenvalue weighted by Crippen LogP contribution is 2.34. The van der Waals surface area contributed by atoms with Crippen LogP contribution in [0.1, 0.15) is 31.3 Å². The van der Waals surface area contributed by atoms with E-state index < -0.39 is 0 Å². The lowest BCUT2D eigenvalue weighted by Crippen LogP contribution is -2.18. The summed E-state index contributed by atoms with van der Waals surface area (Å²) in [6, 6.07) is 19.4. The van der Waals surface area contributed by atoms with E-state index in [-0.39, 0.29) is 23.3 Å². The van der Waals surface area contributed by atoms with Crippen molar-refractivity contribution in [1.82, 2.24) is 0 Å². The number of hydrogen-bond acceptors (Lipinski definition) is 3. The number of carbonyl (C=O) groups excluding carboxylic acids is 1. The van der Waals surface area contributed by atoms with Crippen molar-refractivity contribution in [2.45, 2.75) is 19.8 Å². The van der Waals surface area contributed by atoms with E-state index in [0.29, 0.717) is 47.0 Å². The van der Waals surface area contributed by atoms with Gasteiger partial charge in [0.15, 0.2) is 5.78 Å². The van der Waals surface area contributed by atoms with Crippen LogP contribution in [0.2, 0.25) is 0 Å². The van der Waals surface area contributed by atoms with Crippen LogP contribution in [-0.4, -0.2) is 5.78 Å². The summed E-state index contributed by atoms with van der Waals surface area (Å²) in [5.41, 5.74) is 2.89. The van der Waals surface area contributed by atoms with Gasteiger partial charge in [-0.05, 0) is 104 Å². The molecule has 34 heavy (non-hydrogen) atoms. The van der Waals surface area contributed by atoms with Gasteiger partial charge in [0.2, 0.25) is 0 Å². The van der Waals surface area contributed by atoms with E-state index in [4.69, 9.17) is 8.83 Å². The highest BCUT2D eigenvalue weighted by Gasteiger charge is 2.26. The molecule has 2 aromatic carbocycles. The van der Waals surface area contributed by atoms with Crippen LogP contribution in [0.3, 0.4) is 0 Å². The average molecular weight is 456 g/mol. The van der Waals surface area contributed by atoms with Crippen molar-refractivity contribution in [3.05, 3.63) is 107 Å². The second-order valence-corrected chi connectivity index (χ2v) is 8.60. The first-order valence-electron chi connectivity index (χ1n) is 11.1. The van der Waals surface area contributed by atoms with Gasteiger partial charge in [-0.3, -0.25) is 4.79 Å².